The molecule has 0 saturated heterocycles. The van der Waals surface area contributed by atoms with Crippen molar-refractivity contribution in [1.29, 1.82) is 0 Å². The first-order valence-electron chi connectivity index (χ1n) is 6.08. The first-order valence-corrected chi connectivity index (χ1v) is 6.08. The van der Waals surface area contributed by atoms with E-state index in [9.17, 15) is 0 Å². The number of rotatable bonds is 9. The summed E-state index contributed by atoms with van der Waals surface area (Å²) in [6.07, 6.45) is 2.61. The Bertz CT molecular complexity index is 113. The molecular formula is C12H28N2. The Kier molecular flexibility index (Phi) is 9.42. The van der Waals surface area contributed by atoms with Gasteiger partial charge in [0.05, 0.1) is 0 Å². The van der Waals surface area contributed by atoms with Crippen molar-refractivity contribution in [3.05, 3.63) is 0 Å². The fourth-order valence-corrected chi connectivity index (χ4v) is 1.25. The van der Waals surface area contributed by atoms with Gasteiger partial charge in [-0.1, -0.05) is 34.1 Å². The van der Waals surface area contributed by atoms with Gasteiger partial charge in [0.1, 0.15) is 0 Å². The summed E-state index contributed by atoms with van der Waals surface area (Å²) in [6.45, 7) is 13.5. The minimum atomic E-state index is 0.759. The van der Waals surface area contributed by atoms with E-state index in [-0.39, 0.29) is 0 Å². The lowest BCUT2D eigenvalue weighted by molar-refractivity contribution is 0.478. The summed E-state index contributed by atoms with van der Waals surface area (Å²) in [4.78, 5) is 0. The minimum Gasteiger partial charge on any atom is -0.315 e. The summed E-state index contributed by atoms with van der Waals surface area (Å²) in [6, 6.07) is 0. The number of nitrogens with one attached hydrogen (secondary N) is 2. The Morgan fingerprint density at radius 2 is 1.57 bits per heavy atom. The molecule has 2 nitrogen and oxygen atoms in total. The lowest BCUT2D eigenvalue weighted by atomic mass is 10.1. The predicted octanol–water partition coefficient (Wildman–Crippen LogP) is 2.26. The first kappa shape index (κ1) is 13.9. The van der Waals surface area contributed by atoms with Crippen molar-refractivity contribution in [1.82, 2.24) is 10.6 Å². The van der Waals surface area contributed by atoms with Crippen molar-refractivity contribution in [3.63, 3.8) is 0 Å². The van der Waals surface area contributed by atoms with Crippen LogP contribution in [0.4, 0.5) is 0 Å². The molecule has 86 valence electrons. The van der Waals surface area contributed by atoms with Gasteiger partial charge in [-0.15, -0.1) is 0 Å². The molecule has 0 heterocycles. The summed E-state index contributed by atoms with van der Waals surface area (Å²) < 4.78 is 0. The van der Waals surface area contributed by atoms with Crippen LogP contribution in [0.3, 0.4) is 0 Å². The molecule has 0 aromatic rings. The third-order valence-corrected chi connectivity index (χ3v) is 2.54. The molecule has 0 aliphatic carbocycles. The maximum absolute atomic E-state index is 3.46. The van der Waals surface area contributed by atoms with Crippen LogP contribution in [0.2, 0.25) is 0 Å². The van der Waals surface area contributed by atoms with E-state index in [0.29, 0.717) is 0 Å². The van der Waals surface area contributed by atoms with E-state index in [0.717, 1.165) is 31.5 Å². The Labute approximate surface area is 89.9 Å². The van der Waals surface area contributed by atoms with Crippen molar-refractivity contribution < 1.29 is 0 Å². The molecule has 0 saturated carbocycles. The number of hydrogen-bond donors (Lipinski definition) is 2. The van der Waals surface area contributed by atoms with Gasteiger partial charge in [0.2, 0.25) is 0 Å². The lowest BCUT2D eigenvalue weighted by Gasteiger charge is -2.10. The third kappa shape index (κ3) is 10.0. The van der Waals surface area contributed by atoms with E-state index < -0.39 is 0 Å². The molecule has 0 aromatic heterocycles. The zero-order chi connectivity index (χ0) is 10.8. The van der Waals surface area contributed by atoms with Crippen molar-refractivity contribution in [2.45, 2.75) is 40.5 Å². The maximum Gasteiger partial charge on any atom is 0.00768 e. The molecule has 0 aliphatic heterocycles. The zero-order valence-electron chi connectivity index (χ0n) is 10.4. The molecule has 0 radical (unpaired) electrons. The summed E-state index contributed by atoms with van der Waals surface area (Å²) in [5.41, 5.74) is 0. The van der Waals surface area contributed by atoms with Gasteiger partial charge in [0, 0.05) is 13.1 Å². The maximum atomic E-state index is 3.46. The third-order valence-electron chi connectivity index (χ3n) is 2.54. The van der Waals surface area contributed by atoms with Gasteiger partial charge in [-0.25, -0.2) is 0 Å². The van der Waals surface area contributed by atoms with Gasteiger partial charge in [-0.2, -0.15) is 0 Å². The molecule has 14 heavy (non-hydrogen) atoms. The Morgan fingerprint density at radius 1 is 0.929 bits per heavy atom. The van der Waals surface area contributed by atoms with Crippen LogP contribution in [0.5, 0.6) is 0 Å². The quantitative estimate of drug-likeness (QED) is 0.558. The molecule has 2 heteroatoms. The van der Waals surface area contributed by atoms with E-state index in [1.165, 1.54) is 19.4 Å². The van der Waals surface area contributed by atoms with Crippen molar-refractivity contribution in [3.8, 4) is 0 Å². The second-order valence-corrected chi connectivity index (χ2v) is 4.65. The van der Waals surface area contributed by atoms with E-state index >= 15 is 0 Å². The van der Waals surface area contributed by atoms with Crippen LogP contribution in [-0.4, -0.2) is 26.2 Å². The SMILES string of the molecule is CCC(C)CCNCCNCC(C)C. The van der Waals surface area contributed by atoms with E-state index in [1.807, 2.05) is 0 Å². The predicted molar refractivity (Wildman–Crippen MR) is 64.6 cm³/mol. The van der Waals surface area contributed by atoms with Gasteiger partial charge in [0.15, 0.2) is 0 Å². The highest BCUT2D eigenvalue weighted by Crippen LogP contribution is 2.03. The van der Waals surface area contributed by atoms with Gasteiger partial charge < -0.3 is 10.6 Å². The smallest absolute Gasteiger partial charge is 0.00768 e. The van der Waals surface area contributed by atoms with Gasteiger partial charge >= 0.3 is 0 Å². The van der Waals surface area contributed by atoms with Gasteiger partial charge in [0.25, 0.3) is 0 Å². The molecule has 0 aliphatic rings. The van der Waals surface area contributed by atoms with Gasteiger partial charge in [-0.3, -0.25) is 0 Å². The van der Waals surface area contributed by atoms with Crippen LogP contribution in [-0.2, 0) is 0 Å². The van der Waals surface area contributed by atoms with Crippen LogP contribution in [0, 0.1) is 11.8 Å². The van der Waals surface area contributed by atoms with Crippen LogP contribution < -0.4 is 10.6 Å². The number of hydrogen-bond acceptors (Lipinski definition) is 2. The zero-order valence-corrected chi connectivity index (χ0v) is 10.4. The minimum absolute atomic E-state index is 0.759. The second kappa shape index (κ2) is 9.47. The topological polar surface area (TPSA) is 24.1 Å². The molecular weight excluding hydrogens is 172 g/mol. The summed E-state index contributed by atoms with van der Waals surface area (Å²) in [7, 11) is 0. The Balaban J connectivity index is 2.99. The normalized spacial score (nSPS) is 13.5. The lowest BCUT2D eigenvalue weighted by Crippen LogP contribution is -2.30. The van der Waals surface area contributed by atoms with Crippen LogP contribution >= 0.6 is 0 Å². The standard InChI is InChI=1S/C12H28N2/c1-5-12(4)6-7-13-8-9-14-10-11(2)3/h11-14H,5-10H2,1-4H3. The first-order chi connectivity index (χ1) is 6.66. The summed E-state index contributed by atoms with van der Waals surface area (Å²) in [5, 5.41) is 6.89. The molecule has 0 fully saturated rings. The fraction of sp³-hybridized carbons (Fsp3) is 1.00. The van der Waals surface area contributed by atoms with E-state index in [4.69, 9.17) is 0 Å². The Morgan fingerprint density at radius 3 is 2.14 bits per heavy atom. The summed E-state index contributed by atoms with van der Waals surface area (Å²) in [5.74, 6) is 1.63. The molecule has 0 bridgehead atoms. The highest BCUT2D eigenvalue weighted by molar-refractivity contribution is 4.56. The van der Waals surface area contributed by atoms with Crippen molar-refractivity contribution in [2.24, 2.45) is 11.8 Å². The van der Waals surface area contributed by atoms with Crippen LogP contribution in [0.15, 0.2) is 0 Å². The highest BCUT2D eigenvalue weighted by Gasteiger charge is 1.97. The van der Waals surface area contributed by atoms with Crippen molar-refractivity contribution >= 4 is 0 Å². The highest BCUT2D eigenvalue weighted by atomic mass is 14.9. The van der Waals surface area contributed by atoms with Crippen LogP contribution in [0.1, 0.15) is 40.5 Å². The molecule has 0 spiro atoms. The molecule has 1 unspecified atom stereocenters. The molecule has 2 N–H and O–H groups in total. The van der Waals surface area contributed by atoms with E-state index in [2.05, 4.69) is 38.3 Å². The average molecular weight is 200 g/mol. The summed E-state index contributed by atoms with van der Waals surface area (Å²) >= 11 is 0. The Hall–Kier alpha value is -0.0800. The molecule has 0 aromatic carbocycles. The largest absolute Gasteiger partial charge is 0.315 e. The van der Waals surface area contributed by atoms with Crippen molar-refractivity contribution in [2.75, 3.05) is 26.2 Å². The molecule has 1 atom stereocenters. The fourth-order valence-electron chi connectivity index (χ4n) is 1.25. The van der Waals surface area contributed by atoms with Crippen LogP contribution in [0.25, 0.3) is 0 Å². The molecule has 0 amide bonds. The monoisotopic (exact) mass is 200 g/mol. The molecule has 0 rings (SSSR count). The average Bonchev–Trinajstić information content (AvgIpc) is 2.15. The van der Waals surface area contributed by atoms with E-state index in [1.54, 1.807) is 0 Å². The second-order valence-electron chi connectivity index (χ2n) is 4.65. The van der Waals surface area contributed by atoms with Gasteiger partial charge in [-0.05, 0) is 31.3 Å².